The van der Waals surface area contributed by atoms with Crippen molar-refractivity contribution in [1.82, 2.24) is 4.90 Å². The van der Waals surface area contributed by atoms with Crippen LogP contribution in [-0.4, -0.2) is 36.2 Å². The van der Waals surface area contributed by atoms with Crippen LogP contribution in [0, 0.1) is 5.92 Å². The van der Waals surface area contributed by atoms with Gasteiger partial charge in [-0.25, -0.2) is 0 Å². The molecule has 0 bridgehead atoms. The lowest BCUT2D eigenvalue weighted by Crippen LogP contribution is -2.35. The van der Waals surface area contributed by atoms with Crippen molar-refractivity contribution in [2.45, 2.75) is 45.6 Å². The third-order valence-corrected chi connectivity index (χ3v) is 4.20. The number of piperidine rings is 1. The minimum Gasteiger partial charge on any atom is -0.493 e. The van der Waals surface area contributed by atoms with Crippen LogP contribution in [0.15, 0.2) is 24.3 Å². The number of aliphatic hydroxyl groups excluding tert-OH is 1. The van der Waals surface area contributed by atoms with Crippen molar-refractivity contribution in [3.63, 3.8) is 0 Å². The number of nitrogens with zero attached hydrogens (tertiary/aromatic N) is 1. The van der Waals surface area contributed by atoms with Gasteiger partial charge in [-0.2, -0.15) is 0 Å². The summed E-state index contributed by atoms with van der Waals surface area (Å²) in [6, 6.07) is 7.87. The van der Waals surface area contributed by atoms with Crippen molar-refractivity contribution in [2.75, 3.05) is 26.2 Å². The molecule has 21 heavy (non-hydrogen) atoms. The number of hydrogen-bond donors (Lipinski definition) is 1. The van der Waals surface area contributed by atoms with E-state index in [1.165, 1.54) is 25.9 Å². The van der Waals surface area contributed by atoms with E-state index in [4.69, 9.17) is 4.74 Å². The first kappa shape index (κ1) is 16.3. The molecule has 0 saturated carbocycles. The third kappa shape index (κ3) is 5.01. The van der Waals surface area contributed by atoms with E-state index in [2.05, 4.69) is 18.7 Å². The van der Waals surface area contributed by atoms with Gasteiger partial charge in [-0.3, -0.25) is 0 Å². The highest BCUT2D eigenvalue weighted by Crippen LogP contribution is 2.28. The van der Waals surface area contributed by atoms with Crippen molar-refractivity contribution in [1.29, 1.82) is 0 Å². The molecule has 1 aliphatic rings. The van der Waals surface area contributed by atoms with Crippen LogP contribution in [0.5, 0.6) is 5.75 Å². The van der Waals surface area contributed by atoms with Gasteiger partial charge in [-0.1, -0.05) is 32.0 Å². The van der Waals surface area contributed by atoms with Crippen LogP contribution < -0.4 is 4.74 Å². The standard InChI is InChI=1S/C18H29NO2/c1-3-13-21-18-9-5-4-8-16(18)17(20)10-12-19-11-6-7-15(2)14-19/h4-5,8-9,15,17,20H,3,6-7,10-14H2,1-2H3. The summed E-state index contributed by atoms with van der Waals surface area (Å²) < 4.78 is 5.74. The monoisotopic (exact) mass is 291 g/mol. The normalized spacial score (nSPS) is 21.2. The lowest BCUT2D eigenvalue weighted by molar-refractivity contribution is 0.119. The second kappa shape index (κ2) is 8.40. The number of likely N-dealkylation sites (tertiary alicyclic amines) is 1. The van der Waals surface area contributed by atoms with Crippen molar-refractivity contribution >= 4 is 0 Å². The molecular formula is C18H29NO2. The van der Waals surface area contributed by atoms with Gasteiger partial charge in [0.25, 0.3) is 0 Å². The zero-order chi connectivity index (χ0) is 15.1. The van der Waals surface area contributed by atoms with Crippen LogP contribution in [0.25, 0.3) is 0 Å². The van der Waals surface area contributed by atoms with Crippen LogP contribution >= 0.6 is 0 Å². The van der Waals surface area contributed by atoms with Gasteiger partial charge in [0.05, 0.1) is 12.7 Å². The maximum atomic E-state index is 10.5. The summed E-state index contributed by atoms with van der Waals surface area (Å²) in [5.74, 6) is 1.62. The van der Waals surface area contributed by atoms with Crippen LogP contribution in [0.3, 0.4) is 0 Å². The summed E-state index contributed by atoms with van der Waals surface area (Å²) in [6.45, 7) is 8.42. The topological polar surface area (TPSA) is 32.7 Å². The van der Waals surface area contributed by atoms with E-state index >= 15 is 0 Å². The lowest BCUT2D eigenvalue weighted by Gasteiger charge is -2.31. The highest BCUT2D eigenvalue weighted by atomic mass is 16.5. The average Bonchev–Trinajstić information content (AvgIpc) is 2.51. The molecule has 3 nitrogen and oxygen atoms in total. The Hall–Kier alpha value is -1.06. The first-order valence-electron chi connectivity index (χ1n) is 8.32. The number of hydrogen-bond acceptors (Lipinski definition) is 3. The highest BCUT2D eigenvalue weighted by Gasteiger charge is 2.19. The van der Waals surface area contributed by atoms with E-state index in [1.807, 2.05) is 24.3 Å². The molecule has 3 heteroatoms. The molecule has 1 heterocycles. The van der Waals surface area contributed by atoms with Gasteiger partial charge in [0, 0.05) is 18.7 Å². The molecule has 0 amide bonds. The van der Waals surface area contributed by atoms with Gasteiger partial charge >= 0.3 is 0 Å². The minimum absolute atomic E-state index is 0.435. The number of rotatable bonds is 7. The second-order valence-corrected chi connectivity index (χ2v) is 6.24. The highest BCUT2D eigenvalue weighted by molar-refractivity contribution is 5.35. The van der Waals surface area contributed by atoms with E-state index in [-0.39, 0.29) is 0 Å². The summed E-state index contributed by atoms with van der Waals surface area (Å²) in [7, 11) is 0. The largest absolute Gasteiger partial charge is 0.493 e. The van der Waals surface area contributed by atoms with Gasteiger partial charge in [0.15, 0.2) is 0 Å². The van der Waals surface area contributed by atoms with E-state index in [0.29, 0.717) is 6.61 Å². The second-order valence-electron chi connectivity index (χ2n) is 6.24. The fraction of sp³-hybridized carbons (Fsp3) is 0.667. The number of aliphatic hydroxyl groups is 1. The SMILES string of the molecule is CCCOc1ccccc1C(O)CCN1CCCC(C)C1. The third-order valence-electron chi connectivity index (χ3n) is 4.20. The quantitative estimate of drug-likeness (QED) is 0.832. The van der Waals surface area contributed by atoms with Crippen LogP contribution in [-0.2, 0) is 0 Å². The van der Waals surface area contributed by atoms with E-state index in [1.54, 1.807) is 0 Å². The van der Waals surface area contributed by atoms with Crippen LogP contribution in [0.4, 0.5) is 0 Å². The first-order chi connectivity index (χ1) is 10.2. The van der Waals surface area contributed by atoms with Crippen LogP contribution in [0.2, 0.25) is 0 Å². The summed E-state index contributed by atoms with van der Waals surface area (Å²) in [4.78, 5) is 2.48. The average molecular weight is 291 g/mol. The lowest BCUT2D eigenvalue weighted by atomic mass is 9.99. The molecule has 0 aromatic heterocycles. The van der Waals surface area contributed by atoms with Gasteiger partial charge in [-0.15, -0.1) is 0 Å². The van der Waals surface area contributed by atoms with Crippen molar-refractivity contribution < 1.29 is 9.84 Å². The van der Waals surface area contributed by atoms with Gasteiger partial charge in [0.1, 0.15) is 5.75 Å². The summed E-state index contributed by atoms with van der Waals surface area (Å²) in [5, 5.41) is 10.5. The molecule has 1 N–H and O–H groups in total. The fourth-order valence-electron chi connectivity index (χ4n) is 3.05. The minimum atomic E-state index is -0.435. The summed E-state index contributed by atoms with van der Waals surface area (Å²) in [6.07, 6.45) is 3.95. The molecule has 0 radical (unpaired) electrons. The fourth-order valence-corrected chi connectivity index (χ4v) is 3.05. The Bertz CT molecular complexity index is 421. The summed E-state index contributed by atoms with van der Waals surface area (Å²) in [5.41, 5.74) is 0.927. The molecule has 1 saturated heterocycles. The maximum absolute atomic E-state index is 10.5. The Kier molecular flexibility index (Phi) is 6.52. The predicted octanol–water partition coefficient (Wildman–Crippen LogP) is 3.63. The van der Waals surface area contributed by atoms with Crippen LogP contribution in [0.1, 0.15) is 51.2 Å². The molecule has 1 aromatic rings. The number of para-hydroxylation sites is 1. The smallest absolute Gasteiger partial charge is 0.125 e. The van der Waals surface area contributed by atoms with Gasteiger partial charge in [0.2, 0.25) is 0 Å². The van der Waals surface area contributed by atoms with E-state index < -0.39 is 6.10 Å². The molecule has 2 rings (SSSR count). The summed E-state index contributed by atoms with van der Waals surface area (Å²) >= 11 is 0. The Morgan fingerprint density at radius 1 is 1.38 bits per heavy atom. The van der Waals surface area contributed by atoms with Crippen molar-refractivity contribution in [3.8, 4) is 5.75 Å². The van der Waals surface area contributed by atoms with Gasteiger partial charge in [-0.05, 0) is 44.2 Å². The molecule has 1 aliphatic heterocycles. The van der Waals surface area contributed by atoms with Crippen molar-refractivity contribution in [2.24, 2.45) is 5.92 Å². The van der Waals surface area contributed by atoms with E-state index in [9.17, 15) is 5.11 Å². The Balaban J connectivity index is 1.89. The molecule has 0 aliphatic carbocycles. The van der Waals surface area contributed by atoms with E-state index in [0.717, 1.165) is 36.6 Å². The molecule has 2 unspecified atom stereocenters. The maximum Gasteiger partial charge on any atom is 0.125 e. The Morgan fingerprint density at radius 2 is 2.19 bits per heavy atom. The predicted molar refractivity (Wildman–Crippen MR) is 86.6 cm³/mol. The molecular weight excluding hydrogens is 262 g/mol. The molecule has 0 spiro atoms. The molecule has 1 aromatic carbocycles. The zero-order valence-electron chi connectivity index (χ0n) is 13.4. The molecule has 1 fully saturated rings. The molecule has 118 valence electrons. The Labute approximate surface area is 128 Å². The zero-order valence-corrected chi connectivity index (χ0v) is 13.4. The Morgan fingerprint density at radius 3 is 2.95 bits per heavy atom. The number of ether oxygens (including phenoxy) is 1. The number of benzene rings is 1. The van der Waals surface area contributed by atoms with Gasteiger partial charge < -0.3 is 14.7 Å². The first-order valence-corrected chi connectivity index (χ1v) is 8.32. The molecule has 2 atom stereocenters. The van der Waals surface area contributed by atoms with Crippen molar-refractivity contribution in [3.05, 3.63) is 29.8 Å².